The van der Waals surface area contributed by atoms with Gasteiger partial charge in [-0.2, -0.15) is 0 Å². The Labute approximate surface area is 130 Å². The summed E-state index contributed by atoms with van der Waals surface area (Å²) in [7, 11) is 0. The molecular formula is C20H29N. The highest BCUT2D eigenvalue weighted by molar-refractivity contribution is 5.46. The molecule has 0 bridgehead atoms. The molecule has 1 nitrogen and oxygen atoms in total. The standard InChI is InChI=1S/C20H29N/c1-6-10-16(3)17(4)14-15-21-18(5)20-13-9-8-12-19(20)11-7-2/h6,10,12-13,21H,1,4-5,7-9,11,14-15H2,2-3H3/b16-10+. The van der Waals surface area contributed by atoms with Gasteiger partial charge in [-0.3, -0.25) is 0 Å². The molecule has 0 heterocycles. The van der Waals surface area contributed by atoms with Crippen molar-refractivity contribution in [3.8, 4) is 0 Å². The van der Waals surface area contributed by atoms with E-state index in [0.717, 1.165) is 43.5 Å². The predicted octanol–water partition coefficient (Wildman–Crippen LogP) is 5.62. The van der Waals surface area contributed by atoms with Gasteiger partial charge in [0.2, 0.25) is 0 Å². The first-order valence-corrected chi connectivity index (χ1v) is 7.90. The molecule has 0 saturated carbocycles. The van der Waals surface area contributed by atoms with E-state index in [4.69, 9.17) is 0 Å². The zero-order chi connectivity index (χ0) is 15.7. The molecular weight excluding hydrogens is 254 g/mol. The molecule has 0 saturated heterocycles. The van der Waals surface area contributed by atoms with Crippen LogP contribution in [0.2, 0.25) is 0 Å². The number of nitrogens with one attached hydrogen (secondary N) is 1. The minimum absolute atomic E-state index is 0.872. The van der Waals surface area contributed by atoms with Crippen LogP contribution < -0.4 is 5.32 Å². The lowest BCUT2D eigenvalue weighted by Crippen LogP contribution is -2.17. The number of hydrogen-bond donors (Lipinski definition) is 1. The summed E-state index contributed by atoms with van der Waals surface area (Å²) in [5.41, 5.74) is 6.15. The summed E-state index contributed by atoms with van der Waals surface area (Å²) < 4.78 is 0. The van der Waals surface area contributed by atoms with E-state index in [1.54, 1.807) is 0 Å². The lowest BCUT2D eigenvalue weighted by Gasteiger charge is -2.19. The van der Waals surface area contributed by atoms with Crippen molar-refractivity contribution >= 4 is 0 Å². The van der Waals surface area contributed by atoms with Crippen LogP contribution in [0.25, 0.3) is 0 Å². The Hall–Kier alpha value is -1.76. The molecule has 0 amide bonds. The molecule has 0 radical (unpaired) electrons. The number of rotatable bonds is 9. The van der Waals surface area contributed by atoms with E-state index in [-0.39, 0.29) is 0 Å². The molecule has 0 fully saturated rings. The van der Waals surface area contributed by atoms with Crippen molar-refractivity contribution < 1.29 is 0 Å². The van der Waals surface area contributed by atoms with E-state index in [9.17, 15) is 0 Å². The summed E-state index contributed by atoms with van der Waals surface area (Å²) in [6.45, 7) is 17.2. The van der Waals surface area contributed by atoms with Crippen molar-refractivity contribution in [2.45, 2.75) is 46.0 Å². The Morgan fingerprint density at radius 3 is 2.67 bits per heavy atom. The average molecular weight is 283 g/mol. The second kappa shape index (κ2) is 9.23. The molecule has 1 N–H and O–H groups in total. The SMILES string of the molecule is C=C/C=C(\C)C(=C)CCNC(=C)C1=CCCC=C1CCC. The van der Waals surface area contributed by atoms with Gasteiger partial charge in [0.25, 0.3) is 0 Å². The first-order chi connectivity index (χ1) is 10.1. The highest BCUT2D eigenvalue weighted by Crippen LogP contribution is 2.26. The third-order valence-electron chi connectivity index (χ3n) is 3.79. The van der Waals surface area contributed by atoms with Gasteiger partial charge in [0.05, 0.1) is 0 Å². The first-order valence-electron chi connectivity index (χ1n) is 7.90. The van der Waals surface area contributed by atoms with Gasteiger partial charge in [0.1, 0.15) is 0 Å². The van der Waals surface area contributed by atoms with E-state index >= 15 is 0 Å². The van der Waals surface area contributed by atoms with Gasteiger partial charge in [-0.25, -0.2) is 0 Å². The predicted molar refractivity (Wildman–Crippen MR) is 95.2 cm³/mol. The lowest BCUT2D eigenvalue weighted by atomic mass is 9.92. The van der Waals surface area contributed by atoms with Crippen LogP contribution in [0.4, 0.5) is 0 Å². The quantitative estimate of drug-likeness (QED) is 0.542. The van der Waals surface area contributed by atoms with Gasteiger partial charge >= 0.3 is 0 Å². The summed E-state index contributed by atoms with van der Waals surface area (Å²) in [4.78, 5) is 0. The largest absolute Gasteiger partial charge is 0.385 e. The van der Waals surface area contributed by atoms with E-state index in [1.807, 2.05) is 12.2 Å². The van der Waals surface area contributed by atoms with E-state index in [2.05, 4.69) is 51.1 Å². The van der Waals surface area contributed by atoms with Crippen LogP contribution in [-0.4, -0.2) is 6.54 Å². The van der Waals surface area contributed by atoms with Crippen LogP contribution in [0.3, 0.4) is 0 Å². The average Bonchev–Trinajstić information content (AvgIpc) is 2.48. The van der Waals surface area contributed by atoms with Crippen LogP contribution in [0, 0.1) is 0 Å². The minimum atomic E-state index is 0.872. The van der Waals surface area contributed by atoms with E-state index < -0.39 is 0 Å². The van der Waals surface area contributed by atoms with Crippen LogP contribution >= 0.6 is 0 Å². The lowest BCUT2D eigenvalue weighted by molar-refractivity contribution is 0.782. The maximum Gasteiger partial charge on any atom is 0.0340 e. The fourth-order valence-electron chi connectivity index (χ4n) is 2.50. The minimum Gasteiger partial charge on any atom is -0.385 e. The molecule has 0 spiro atoms. The van der Waals surface area contributed by atoms with Crippen molar-refractivity contribution in [3.05, 3.63) is 72.0 Å². The van der Waals surface area contributed by atoms with E-state index in [0.29, 0.717) is 0 Å². The second-order valence-electron chi connectivity index (χ2n) is 5.52. The van der Waals surface area contributed by atoms with Gasteiger partial charge in [0, 0.05) is 12.2 Å². The third kappa shape index (κ3) is 5.63. The van der Waals surface area contributed by atoms with Crippen LogP contribution in [0.1, 0.15) is 46.0 Å². The highest BCUT2D eigenvalue weighted by atomic mass is 14.9. The zero-order valence-corrected chi connectivity index (χ0v) is 13.7. The van der Waals surface area contributed by atoms with Gasteiger partial charge in [0.15, 0.2) is 0 Å². The Balaban J connectivity index is 2.49. The molecule has 0 unspecified atom stereocenters. The molecule has 1 aliphatic rings. The summed E-state index contributed by atoms with van der Waals surface area (Å²) >= 11 is 0. The van der Waals surface area contributed by atoms with Crippen LogP contribution in [0.5, 0.6) is 0 Å². The first kappa shape index (κ1) is 17.3. The molecule has 1 heteroatoms. The highest BCUT2D eigenvalue weighted by Gasteiger charge is 2.11. The summed E-state index contributed by atoms with van der Waals surface area (Å²) in [5.74, 6) is 0. The maximum atomic E-state index is 4.21. The topological polar surface area (TPSA) is 12.0 Å². The van der Waals surface area contributed by atoms with E-state index in [1.165, 1.54) is 23.1 Å². The van der Waals surface area contributed by atoms with Gasteiger partial charge < -0.3 is 5.32 Å². The van der Waals surface area contributed by atoms with Crippen LogP contribution in [0.15, 0.2) is 72.0 Å². The van der Waals surface area contributed by atoms with Crippen molar-refractivity contribution in [1.82, 2.24) is 5.32 Å². The summed E-state index contributed by atoms with van der Waals surface area (Å²) in [6, 6.07) is 0. The van der Waals surface area contributed by atoms with Crippen molar-refractivity contribution in [1.29, 1.82) is 0 Å². The normalized spacial score (nSPS) is 15.0. The molecule has 0 aromatic rings. The molecule has 0 aromatic carbocycles. The van der Waals surface area contributed by atoms with Gasteiger partial charge in [-0.05, 0) is 49.3 Å². The Morgan fingerprint density at radius 2 is 2.00 bits per heavy atom. The monoisotopic (exact) mass is 283 g/mol. The van der Waals surface area contributed by atoms with Crippen LogP contribution in [-0.2, 0) is 0 Å². The third-order valence-corrected chi connectivity index (χ3v) is 3.79. The van der Waals surface area contributed by atoms with Crippen molar-refractivity contribution in [2.75, 3.05) is 6.54 Å². The Bertz CT molecular complexity index is 486. The molecule has 0 atom stereocenters. The smallest absolute Gasteiger partial charge is 0.0340 e. The van der Waals surface area contributed by atoms with Crippen molar-refractivity contribution in [3.63, 3.8) is 0 Å². The maximum absolute atomic E-state index is 4.21. The second-order valence-corrected chi connectivity index (χ2v) is 5.52. The van der Waals surface area contributed by atoms with Crippen molar-refractivity contribution in [2.24, 2.45) is 0 Å². The zero-order valence-electron chi connectivity index (χ0n) is 13.7. The molecule has 21 heavy (non-hydrogen) atoms. The fourth-order valence-corrected chi connectivity index (χ4v) is 2.50. The Kier molecular flexibility index (Phi) is 7.60. The summed E-state index contributed by atoms with van der Waals surface area (Å²) in [6.07, 6.45) is 14.0. The van der Waals surface area contributed by atoms with Gasteiger partial charge in [-0.15, -0.1) is 0 Å². The molecule has 114 valence electrons. The summed E-state index contributed by atoms with van der Waals surface area (Å²) in [5, 5.41) is 3.45. The Morgan fingerprint density at radius 1 is 1.29 bits per heavy atom. The molecule has 0 aliphatic heterocycles. The number of hydrogen-bond acceptors (Lipinski definition) is 1. The molecule has 1 rings (SSSR count). The number of allylic oxidation sites excluding steroid dienone is 6. The van der Waals surface area contributed by atoms with Gasteiger partial charge in [-0.1, -0.05) is 63.0 Å². The fraction of sp³-hybridized carbons (Fsp3) is 0.400. The molecule has 0 aromatic heterocycles. The molecule has 1 aliphatic carbocycles.